The lowest BCUT2D eigenvalue weighted by molar-refractivity contribution is -0.139. The minimum Gasteiger partial charge on any atom is -0.481 e. The Balaban J connectivity index is 2.49. The van der Waals surface area contributed by atoms with E-state index in [-0.39, 0.29) is 13.0 Å². The van der Waals surface area contributed by atoms with E-state index in [0.717, 1.165) is 10.0 Å². The van der Waals surface area contributed by atoms with Crippen LogP contribution < -0.4 is 10.6 Å². The minimum absolute atomic E-state index is 0.129. The van der Waals surface area contributed by atoms with Gasteiger partial charge < -0.3 is 20.5 Å². The second-order valence-corrected chi connectivity index (χ2v) is 5.17. The first-order valence-corrected chi connectivity index (χ1v) is 6.77. The van der Waals surface area contributed by atoms with Gasteiger partial charge in [-0.25, -0.2) is 4.79 Å². The number of anilines is 1. The van der Waals surface area contributed by atoms with Crippen LogP contribution in [-0.2, 0) is 9.53 Å². The molecule has 0 fully saturated rings. The molecule has 0 bridgehead atoms. The van der Waals surface area contributed by atoms with Crippen molar-refractivity contribution >= 4 is 33.6 Å². The molecule has 0 heterocycles. The van der Waals surface area contributed by atoms with Crippen LogP contribution >= 0.6 is 15.9 Å². The van der Waals surface area contributed by atoms with Gasteiger partial charge in [-0.1, -0.05) is 15.9 Å². The molecule has 1 aromatic rings. The Bertz CT molecular complexity index is 493. The number of carboxylic acids is 1. The number of nitrogens with one attached hydrogen (secondary N) is 2. The predicted molar refractivity (Wildman–Crippen MR) is 79.0 cm³/mol. The number of carboxylic acid groups (broad SMARTS) is 1. The van der Waals surface area contributed by atoms with Gasteiger partial charge in [0.05, 0.1) is 12.5 Å². The maximum Gasteiger partial charge on any atom is 0.319 e. The van der Waals surface area contributed by atoms with Gasteiger partial charge in [-0.3, -0.25) is 4.79 Å². The van der Waals surface area contributed by atoms with Crippen LogP contribution in [-0.4, -0.2) is 36.9 Å². The van der Waals surface area contributed by atoms with Crippen LogP contribution in [0.15, 0.2) is 22.7 Å². The summed E-state index contributed by atoms with van der Waals surface area (Å²) in [5.41, 5.74) is 1.61. The number of aliphatic carboxylic acids is 1. The Morgan fingerprint density at radius 2 is 2.15 bits per heavy atom. The van der Waals surface area contributed by atoms with Crippen molar-refractivity contribution in [1.29, 1.82) is 0 Å². The van der Waals surface area contributed by atoms with E-state index in [0.29, 0.717) is 5.69 Å². The number of carbonyl (C=O) groups is 2. The van der Waals surface area contributed by atoms with E-state index in [1.54, 1.807) is 6.07 Å². The zero-order valence-corrected chi connectivity index (χ0v) is 12.9. The number of aryl methyl sites for hydroxylation is 1. The van der Waals surface area contributed by atoms with Crippen molar-refractivity contribution in [3.8, 4) is 0 Å². The second-order valence-electron chi connectivity index (χ2n) is 4.25. The third-order valence-corrected chi connectivity index (χ3v) is 3.16. The fraction of sp³-hybridized carbons (Fsp3) is 0.385. The molecule has 6 nitrogen and oxygen atoms in total. The largest absolute Gasteiger partial charge is 0.481 e. The summed E-state index contributed by atoms with van der Waals surface area (Å²) in [6, 6.07) is 5.09. The number of amides is 2. The Morgan fingerprint density at radius 1 is 1.45 bits per heavy atom. The molecular weight excluding hydrogens is 328 g/mol. The van der Waals surface area contributed by atoms with Crippen LogP contribution in [0.25, 0.3) is 0 Å². The van der Waals surface area contributed by atoms with Crippen molar-refractivity contribution < 1.29 is 19.4 Å². The zero-order chi connectivity index (χ0) is 15.1. The Kier molecular flexibility index (Phi) is 6.47. The minimum atomic E-state index is -0.970. The first-order valence-electron chi connectivity index (χ1n) is 5.98. The van der Waals surface area contributed by atoms with Crippen LogP contribution in [0.2, 0.25) is 0 Å². The summed E-state index contributed by atoms with van der Waals surface area (Å²) in [4.78, 5) is 22.3. The monoisotopic (exact) mass is 344 g/mol. The van der Waals surface area contributed by atoms with E-state index < -0.39 is 18.1 Å². The second kappa shape index (κ2) is 7.86. The molecule has 0 aliphatic carbocycles. The molecule has 1 atom stereocenters. The number of halogens is 1. The fourth-order valence-corrected chi connectivity index (χ4v) is 2.05. The number of hydrogen-bond donors (Lipinski definition) is 3. The standard InChI is InChI=1S/C13H17BrN2O4/c1-8-5-9(14)3-4-11(8)16-13(19)15-7-10(20-2)6-12(17)18/h3-5,10H,6-7H2,1-2H3,(H,17,18)(H2,15,16,19). The van der Waals surface area contributed by atoms with Gasteiger partial charge in [-0.15, -0.1) is 0 Å². The van der Waals surface area contributed by atoms with Crippen molar-refractivity contribution in [3.63, 3.8) is 0 Å². The van der Waals surface area contributed by atoms with Crippen molar-refractivity contribution in [1.82, 2.24) is 5.32 Å². The van der Waals surface area contributed by atoms with Gasteiger partial charge in [-0.2, -0.15) is 0 Å². The van der Waals surface area contributed by atoms with Gasteiger partial charge >= 0.3 is 12.0 Å². The van der Waals surface area contributed by atoms with Crippen LogP contribution in [0.3, 0.4) is 0 Å². The molecule has 0 aliphatic heterocycles. The van der Waals surface area contributed by atoms with E-state index in [9.17, 15) is 9.59 Å². The van der Waals surface area contributed by atoms with Crippen molar-refractivity contribution in [2.24, 2.45) is 0 Å². The van der Waals surface area contributed by atoms with Crippen LogP contribution in [0.5, 0.6) is 0 Å². The van der Waals surface area contributed by atoms with Crippen molar-refractivity contribution in [2.75, 3.05) is 19.0 Å². The maximum atomic E-state index is 11.7. The Hall–Kier alpha value is -1.60. The molecule has 0 spiro atoms. The molecule has 0 saturated carbocycles. The lowest BCUT2D eigenvalue weighted by Gasteiger charge is -2.15. The summed E-state index contributed by atoms with van der Waals surface area (Å²) in [6.45, 7) is 2.01. The predicted octanol–water partition coefficient (Wildman–Crippen LogP) is 2.37. The van der Waals surface area contributed by atoms with Crippen LogP contribution in [0, 0.1) is 6.92 Å². The van der Waals surface area contributed by atoms with Crippen molar-refractivity contribution in [3.05, 3.63) is 28.2 Å². The molecule has 0 aliphatic rings. The summed E-state index contributed by atoms with van der Waals surface area (Å²) in [5.74, 6) is -0.970. The zero-order valence-electron chi connectivity index (χ0n) is 11.3. The van der Waals surface area contributed by atoms with Gasteiger partial charge in [0.25, 0.3) is 0 Å². The number of benzene rings is 1. The van der Waals surface area contributed by atoms with E-state index in [1.165, 1.54) is 7.11 Å². The maximum absolute atomic E-state index is 11.7. The lowest BCUT2D eigenvalue weighted by Crippen LogP contribution is -2.37. The van der Waals surface area contributed by atoms with Crippen molar-refractivity contribution in [2.45, 2.75) is 19.4 Å². The van der Waals surface area contributed by atoms with Crippen LogP contribution in [0.4, 0.5) is 10.5 Å². The Labute approximate surface area is 125 Å². The molecular formula is C13H17BrN2O4. The SMILES string of the molecule is COC(CNC(=O)Nc1ccc(Br)cc1C)CC(=O)O. The van der Waals surface area contributed by atoms with Gasteiger partial charge in [0.2, 0.25) is 0 Å². The molecule has 1 aromatic carbocycles. The summed E-state index contributed by atoms with van der Waals surface area (Å²) in [6.07, 6.45) is -0.710. The topological polar surface area (TPSA) is 87.7 Å². The van der Waals surface area contributed by atoms with Gasteiger partial charge in [0.15, 0.2) is 0 Å². The molecule has 110 valence electrons. The van der Waals surface area contributed by atoms with E-state index in [1.807, 2.05) is 19.1 Å². The number of methoxy groups -OCH3 is 1. The average Bonchev–Trinajstić information content (AvgIpc) is 2.37. The first kappa shape index (κ1) is 16.5. The molecule has 0 saturated heterocycles. The van der Waals surface area contributed by atoms with Gasteiger partial charge in [-0.05, 0) is 30.7 Å². The highest BCUT2D eigenvalue weighted by atomic mass is 79.9. The van der Waals surface area contributed by atoms with E-state index >= 15 is 0 Å². The molecule has 7 heteroatoms. The first-order chi connectivity index (χ1) is 9.42. The summed E-state index contributed by atoms with van der Waals surface area (Å²) < 4.78 is 5.90. The van der Waals surface area contributed by atoms with E-state index in [2.05, 4.69) is 26.6 Å². The quantitative estimate of drug-likeness (QED) is 0.739. The molecule has 1 unspecified atom stereocenters. The third kappa shape index (κ3) is 5.58. The third-order valence-electron chi connectivity index (χ3n) is 2.66. The number of carbonyl (C=O) groups excluding carboxylic acids is 1. The summed E-state index contributed by atoms with van der Waals surface area (Å²) in [5, 5.41) is 13.9. The van der Waals surface area contributed by atoms with Gasteiger partial charge in [0.1, 0.15) is 0 Å². The number of hydrogen-bond acceptors (Lipinski definition) is 3. The molecule has 20 heavy (non-hydrogen) atoms. The van der Waals surface area contributed by atoms with Gasteiger partial charge in [0, 0.05) is 23.8 Å². The highest BCUT2D eigenvalue weighted by Crippen LogP contribution is 2.19. The number of urea groups is 1. The van der Waals surface area contributed by atoms with E-state index in [4.69, 9.17) is 9.84 Å². The highest BCUT2D eigenvalue weighted by Gasteiger charge is 2.13. The fourth-order valence-electron chi connectivity index (χ4n) is 1.57. The molecule has 0 aromatic heterocycles. The normalized spacial score (nSPS) is 11.8. The molecule has 0 radical (unpaired) electrons. The lowest BCUT2D eigenvalue weighted by atomic mass is 10.2. The molecule has 2 amide bonds. The van der Waals surface area contributed by atoms with Crippen LogP contribution in [0.1, 0.15) is 12.0 Å². The Morgan fingerprint density at radius 3 is 2.70 bits per heavy atom. The highest BCUT2D eigenvalue weighted by molar-refractivity contribution is 9.10. The number of ether oxygens (including phenoxy) is 1. The molecule has 3 N–H and O–H groups in total. The number of rotatable bonds is 6. The average molecular weight is 345 g/mol. The smallest absolute Gasteiger partial charge is 0.319 e. The summed E-state index contributed by atoms with van der Waals surface area (Å²) >= 11 is 3.34. The summed E-state index contributed by atoms with van der Waals surface area (Å²) in [7, 11) is 1.41. The molecule has 1 rings (SSSR count).